The van der Waals surface area contributed by atoms with Gasteiger partial charge in [0.1, 0.15) is 0 Å². The van der Waals surface area contributed by atoms with Crippen molar-refractivity contribution in [3.05, 3.63) is 64.4 Å². The van der Waals surface area contributed by atoms with Gasteiger partial charge in [0.2, 0.25) is 0 Å². The zero-order valence-corrected chi connectivity index (χ0v) is 13.6. The Morgan fingerprint density at radius 2 is 1.95 bits per heavy atom. The molecule has 0 unspecified atom stereocenters. The first-order valence-electron chi connectivity index (χ1n) is 7.19. The summed E-state index contributed by atoms with van der Waals surface area (Å²) in [6.07, 6.45) is 4.34. The third kappa shape index (κ3) is 4.74. The van der Waals surface area contributed by atoms with Crippen LogP contribution in [0.5, 0.6) is 0 Å². The lowest BCUT2D eigenvalue weighted by Crippen LogP contribution is -2.38. The summed E-state index contributed by atoms with van der Waals surface area (Å²) in [5.74, 6) is 0. The van der Waals surface area contributed by atoms with Crippen LogP contribution in [0.4, 0.5) is 4.79 Å². The zero-order chi connectivity index (χ0) is 15.9. The molecule has 2 rings (SSSR count). The second-order valence-corrected chi connectivity index (χ2v) is 5.68. The average Bonchev–Trinajstić information content (AvgIpc) is 2.54. The monoisotopic (exact) mass is 317 g/mol. The minimum atomic E-state index is -0.0818. The number of hydrogen-bond donors (Lipinski definition) is 1. The number of aryl methyl sites for hydroxylation is 1. The Morgan fingerprint density at radius 1 is 1.23 bits per heavy atom. The van der Waals surface area contributed by atoms with Crippen molar-refractivity contribution < 1.29 is 4.79 Å². The molecule has 2 amide bonds. The number of pyridine rings is 1. The van der Waals surface area contributed by atoms with E-state index < -0.39 is 0 Å². The number of likely N-dealkylation sites (N-methyl/N-ethyl adjacent to an activating group) is 1. The molecule has 0 aliphatic carbocycles. The summed E-state index contributed by atoms with van der Waals surface area (Å²) >= 11 is 5.99. The number of carbonyl (C=O) groups excluding carboxylic acids is 1. The fraction of sp³-hybridized carbons (Fsp3) is 0.294. The van der Waals surface area contributed by atoms with E-state index in [0.717, 1.165) is 22.6 Å². The van der Waals surface area contributed by atoms with Gasteiger partial charge in [-0.15, -0.1) is 0 Å². The predicted octanol–water partition coefficient (Wildman–Crippen LogP) is 3.43. The van der Waals surface area contributed by atoms with E-state index >= 15 is 0 Å². The molecule has 0 saturated heterocycles. The summed E-state index contributed by atoms with van der Waals surface area (Å²) in [5, 5.41) is 3.65. The summed E-state index contributed by atoms with van der Waals surface area (Å²) < 4.78 is 0. The second-order valence-electron chi connectivity index (χ2n) is 5.27. The molecule has 0 spiro atoms. The van der Waals surface area contributed by atoms with Crippen molar-refractivity contribution in [2.24, 2.45) is 0 Å². The highest BCUT2D eigenvalue weighted by Gasteiger charge is 2.08. The van der Waals surface area contributed by atoms with Crippen molar-refractivity contribution in [2.75, 3.05) is 13.6 Å². The molecule has 2 aromatic rings. The van der Waals surface area contributed by atoms with Gasteiger partial charge in [0, 0.05) is 37.6 Å². The van der Waals surface area contributed by atoms with Crippen LogP contribution in [0.1, 0.15) is 16.7 Å². The number of rotatable bonds is 5. The van der Waals surface area contributed by atoms with E-state index in [4.69, 9.17) is 11.6 Å². The van der Waals surface area contributed by atoms with E-state index in [9.17, 15) is 4.79 Å². The Morgan fingerprint density at radius 3 is 2.64 bits per heavy atom. The number of nitrogens with zero attached hydrogens (tertiary/aromatic N) is 2. The lowest BCUT2D eigenvalue weighted by atomic mass is 10.1. The van der Waals surface area contributed by atoms with Crippen LogP contribution in [0.3, 0.4) is 0 Å². The number of nitrogens with one attached hydrogen (secondary N) is 1. The van der Waals surface area contributed by atoms with Gasteiger partial charge in [0.25, 0.3) is 0 Å². The van der Waals surface area contributed by atoms with Gasteiger partial charge < -0.3 is 10.2 Å². The number of carbonyl (C=O) groups is 1. The first-order valence-corrected chi connectivity index (χ1v) is 7.57. The van der Waals surface area contributed by atoms with Crippen LogP contribution in [0.25, 0.3) is 0 Å². The van der Waals surface area contributed by atoms with Crippen LogP contribution < -0.4 is 5.32 Å². The van der Waals surface area contributed by atoms with E-state index in [0.29, 0.717) is 13.1 Å². The van der Waals surface area contributed by atoms with Crippen LogP contribution in [0.2, 0.25) is 5.02 Å². The van der Waals surface area contributed by atoms with Crippen LogP contribution in [0, 0.1) is 6.92 Å². The average molecular weight is 318 g/mol. The third-order valence-corrected chi connectivity index (χ3v) is 3.92. The van der Waals surface area contributed by atoms with Gasteiger partial charge in [-0.25, -0.2) is 4.79 Å². The second kappa shape index (κ2) is 7.80. The van der Waals surface area contributed by atoms with Gasteiger partial charge in [-0.2, -0.15) is 0 Å². The van der Waals surface area contributed by atoms with E-state index in [1.165, 1.54) is 5.56 Å². The highest BCUT2D eigenvalue weighted by atomic mass is 35.5. The van der Waals surface area contributed by atoms with Crippen molar-refractivity contribution in [3.63, 3.8) is 0 Å². The van der Waals surface area contributed by atoms with Gasteiger partial charge in [-0.3, -0.25) is 4.98 Å². The quantitative estimate of drug-likeness (QED) is 0.918. The first-order chi connectivity index (χ1) is 10.6. The summed E-state index contributed by atoms with van der Waals surface area (Å²) in [5.41, 5.74) is 3.22. The van der Waals surface area contributed by atoms with Crippen molar-refractivity contribution in [1.29, 1.82) is 0 Å². The molecule has 1 N–H and O–H groups in total. The smallest absolute Gasteiger partial charge is 0.317 e. The topological polar surface area (TPSA) is 45.2 Å². The zero-order valence-electron chi connectivity index (χ0n) is 12.8. The van der Waals surface area contributed by atoms with Gasteiger partial charge in [0.05, 0.1) is 0 Å². The number of urea groups is 1. The molecule has 116 valence electrons. The number of benzene rings is 1. The first kappa shape index (κ1) is 16.3. The van der Waals surface area contributed by atoms with E-state index in [2.05, 4.69) is 10.3 Å². The van der Waals surface area contributed by atoms with Gasteiger partial charge in [0.15, 0.2) is 0 Å². The Bertz CT molecular complexity index is 631. The lowest BCUT2D eigenvalue weighted by molar-refractivity contribution is 0.209. The maximum atomic E-state index is 12.1. The fourth-order valence-electron chi connectivity index (χ4n) is 2.08. The van der Waals surface area contributed by atoms with Crippen molar-refractivity contribution in [1.82, 2.24) is 15.2 Å². The van der Waals surface area contributed by atoms with Crippen LogP contribution in [-0.4, -0.2) is 29.5 Å². The summed E-state index contributed by atoms with van der Waals surface area (Å²) in [4.78, 5) is 17.7. The lowest BCUT2D eigenvalue weighted by Gasteiger charge is -2.18. The van der Waals surface area contributed by atoms with Crippen molar-refractivity contribution in [3.8, 4) is 0 Å². The fourth-order valence-corrected chi connectivity index (χ4v) is 2.19. The molecule has 0 aliphatic rings. The molecule has 5 heteroatoms. The van der Waals surface area contributed by atoms with E-state index in [-0.39, 0.29) is 6.03 Å². The van der Waals surface area contributed by atoms with Crippen molar-refractivity contribution >= 4 is 17.6 Å². The molecular formula is C17H20ClN3O. The van der Waals surface area contributed by atoms with E-state index in [1.54, 1.807) is 24.3 Å². The normalized spacial score (nSPS) is 10.3. The minimum Gasteiger partial charge on any atom is -0.334 e. The summed E-state index contributed by atoms with van der Waals surface area (Å²) in [6.45, 7) is 3.11. The van der Waals surface area contributed by atoms with Gasteiger partial charge >= 0.3 is 6.03 Å². The molecule has 4 nitrogen and oxygen atoms in total. The van der Waals surface area contributed by atoms with Crippen LogP contribution in [0.15, 0.2) is 42.7 Å². The molecule has 0 atom stereocenters. The predicted molar refractivity (Wildman–Crippen MR) is 89.0 cm³/mol. The molecule has 22 heavy (non-hydrogen) atoms. The molecule has 0 aliphatic heterocycles. The number of aromatic nitrogens is 1. The Balaban J connectivity index is 1.79. The highest BCUT2D eigenvalue weighted by Crippen LogP contribution is 2.16. The number of halogens is 1. The molecule has 1 heterocycles. The van der Waals surface area contributed by atoms with Gasteiger partial charge in [-0.05, 0) is 48.2 Å². The summed E-state index contributed by atoms with van der Waals surface area (Å²) in [6, 6.07) is 9.60. The number of hydrogen-bond acceptors (Lipinski definition) is 2. The van der Waals surface area contributed by atoms with Gasteiger partial charge in [-0.1, -0.05) is 23.7 Å². The molecule has 0 radical (unpaired) electrons. The maximum Gasteiger partial charge on any atom is 0.317 e. The standard InChI is InChI=1S/C17H20ClN3O/c1-13-11-15(3-4-16(13)18)12-20-17(22)21(2)10-7-14-5-8-19-9-6-14/h3-6,8-9,11H,7,10,12H2,1-2H3,(H,20,22). The Kier molecular flexibility index (Phi) is 5.78. The third-order valence-electron chi connectivity index (χ3n) is 3.50. The molecular weight excluding hydrogens is 298 g/mol. The molecule has 0 saturated carbocycles. The van der Waals surface area contributed by atoms with E-state index in [1.807, 2.05) is 37.3 Å². The highest BCUT2D eigenvalue weighted by molar-refractivity contribution is 6.31. The molecule has 1 aromatic carbocycles. The largest absolute Gasteiger partial charge is 0.334 e. The van der Waals surface area contributed by atoms with Crippen LogP contribution in [-0.2, 0) is 13.0 Å². The van der Waals surface area contributed by atoms with Crippen LogP contribution >= 0.6 is 11.6 Å². The van der Waals surface area contributed by atoms with Crippen molar-refractivity contribution in [2.45, 2.75) is 19.9 Å². The Hall–Kier alpha value is -2.07. The summed E-state index contributed by atoms with van der Waals surface area (Å²) in [7, 11) is 1.80. The molecule has 0 fully saturated rings. The molecule has 1 aromatic heterocycles. The SMILES string of the molecule is Cc1cc(CNC(=O)N(C)CCc2ccncc2)ccc1Cl. The Labute approximate surface area is 136 Å². The minimum absolute atomic E-state index is 0.0818. The number of amides is 2. The molecule has 0 bridgehead atoms. The maximum absolute atomic E-state index is 12.1.